The van der Waals surface area contributed by atoms with Crippen LogP contribution in [-0.2, 0) is 23.4 Å². The van der Waals surface area contributed by atoms with Crippen LogP contribution in [0.25, 0.3) is 11.4 Å². The van der Waals surface area contributed by atoms with Crippen molar-refractivity contribution in [2.24, 2.45) is 5.10 Å². The average Bonchev–Trinajstić information content (AvgIpc) is 3.35. The van der Waals surface area contributed by atoms with E-state index in [1.165, 1.54) is 17.3 Å². The molecule has 0 spiro atoms. The van der Waals surface area contributed by atoms with Gasteiger partial charge < -0.3 is 9.30 Å². The summed E-state index contributed by atoms with van der Waals surface area (Å²) in [6.45, 7) is 9.62. The molecule has 1 aromatic heterocycles. The third-order valence-corrected chi connectivity index (χ3v) is 7.62. The van der Waals surface area contributed by atoms with Crippen LogP contribution in [0.2, 0.25) is 10.0 Å². The lowest BCUT2D eigenvalue weighted by atomic mass is 9.87. The quantitative estimate of drug-likeness (QED) is 0.117. The van der Waals surface area contributed by atoms with Crippen molar-refractivity contribution >= 4 is 47.1 Å². The highest BCUT2D eigenvalue weighted by atomic mass is 35.5. The molecule has 40 heavy (non-hydrogen) atoms. The molecule has 0 aliphatic rings. The SMILES string of the molecule is CCn1c(SCC(=O)N/N=C/c2ccc(OCc3ccc(Cl)cc3Cl)cc2)nnc1-c1ccc(C(C)(C)C)cc1. The Kier molecular flexibility index (Phi) is 9.90. The number of ether oxygens (including phenoxy) is 1. The third kappa shape index (κ3) is 7.87. The number of hydrogen-bond acceptors (Lipinski definition) is 6. The third-order valence-electron chi connectivity index (χ3n) is 6.07. The number of benzene rings is 3. The van der Waals surface area contributed by atoms with Crippen LogP contribution >= 0.6 is 35.0 Å². The molecule has 7 nitrogen and oxygen atoms in total. The standard InChI is InChI=1S/C30H31Cl2N5O2S/c1-5-37-28(21-8-11-23(12-9-21)30(2,3)4)35-36-29(37)40-19-27(38)34-33-17-20-6-14-25(15-7-20)39-18-22-10-13-24(31)16-26(22)32/h6-17H,5,18-19H2,1-4H3,(H,34,38)/b33-17+. The van der Waals surface area contributed by atoms with Crippen LogP contribution in [0.5, 0.6) is 5.75 Å². The van der Waals surface area contributed by atoms with Crippen LogP contribution in [0.1, 0.15) is 44.4 Å². The molecule has 0 atom stereocenters. The molecule has 1 heterocycles. The van der Waals surface area contributed by atoms with E-state index in [-0.39, 0.29) is 17.1 Å². The van der Waals surface area contributed by atoms with Crippen LogP contribution < -0.4 is 10.2 Å². The van der Waals surface area contributed by atoms with Crippen molar-refractivity contribution in [3.63, 3.8) is 0 Å². The Hall–Kier alpha value is -3.33. The maximum atomic E-state index is 12.4. The van der Waals surface area contributed by atoms with Crippen molar-refractivity contribution in [2.75, 3.05) is 5.75 Å². The van der Waals surface area contributed by atoms with Gasteiger partial charge in [0.25, 0.3) is 5.91 Å². The first-order valence-electron chi connectivity index (χ1n) is 12.8. The molecule has 0 saturated carbocycles. The highest BCUT2D eigenvalue weighted by Crippen LogP contribution is 2.28. The van der Waals surface area contributed by atoms with Crippen LogP contribution in [0, 0.1) is 0 Å². The second kappa shape index (κ2) is 13.4. The number of rotatable bonds is 10. The summed E-state index contributed by atoms with van der Waals surface area (Å²) in [5.41, 5.74) is 6.57. The van der Waals surface area contributed by atoms with Crippen molar-refractivity contribution in [3.8, 4) is 17.1 Å². The number of carbonyl (C=O) groups excluding carboxylic acids is 1. The van der Waals surface area contributed by atoms with Gasteiger partial charge in [0, 0.05) is 27.7 Å². The zero-order valence-electron chi connectivity index (χ0n) is 22.8. The summed E-state index contributed by atoms with van der Waals surface area (Å²) in [4.78, 5) is 12.4. The molecule has 0 unspecified atom stereocenters. The van der Waals surface area contributed by atoms with E-state index < -0.39 is 0 Å². The minimum absolute atomic E-state index is 0.0828. The van der Waals surface area contributed by atoms with Crippen LogP contribution in [-0.4, -0.2) is 32.6 Å². The predicted molar refractivity (Wildman–Crippen MR) is 164 cm³/mol. The maximum absolute atomic E-state index is 12.4. The van der Waals surface area contributed by atoms with Crippen LogP contribution in [0.4, 0.5) is 0 Å². The molecule has 1 N–H and O–H groups in total. The van der Waals surface area contributed by atoms with Gasteiger partial charge in [0.15, 0.2) is 11.0 Å². The molecule has 4 rings (SSSR count). The summed E-state index contributed by atoms with van der Waals surface area (Å²) in [5, 5.41) is 14.6. The van der Waals surface area contributed by atoms with Gasteiger partial charge in [-0.1, -0.05) is 86.1 Å². The average molecular weight is 597 g/mol. The van der Waals surface area contributed by atoms with Gasteiger partial charge in [0.1, 0.15) is 12.4 Å². The normalized spacial score (nSPS) is 11.7. The molecular formula is C30H31Cl2N5O2S. The largest absolute Gasteiger partial charge is 0.489 e. The zero-order valence-corrected chi connectivity index (χ0v) is 25.1. The molecule has 1 amide bonds. The van der Waals surface area contributed by atoms with E-state index in [1.54, 1.807) is 18.3 Å². The molecular weight excluding hydrogens is 565 g/mol. The van der Waals surface area contributed by atoms with Crippen molar-refractivity contribution in [3.05, 3.63) is 93.5 Å². The number of nitrogens with one attached hydrogen (secondary N) is 1. The van der Waals surface area contributed by atoms with Gasteiger partial charge in [0.2, 0.25) is 0 Å². The number of amides is 1. The molecule has 0 aliphatic heterocycles. The van der Waals surface area contributed by atoms with Crippen molar-refractivity contribution in [2.45, 2.75) is 51.4 Å². The Labute approximate surface area is 248 Å². The molecule has 0 saturated heterocycles. The van der Waals surface area contributed by atoms with Crippen molar-refractivity contribution in [1.29, 1.82) is 0 Å². The van der Waals surface area contributed by atoms with E-state index >= 15 is 0 Å². The highest BCUT2D eigenvalue weighted by Gasteiger charge is 2.17. The highest BCUT2D eigenvalue weighted by molar-refractivity contribution is 7.99. The van der Waals surface area contributed by atoms with E-state index in [4.69, 9.17) is 27.9 Å². The summed E-state index contributed by atoms with van der Waals surface area (Å²) < 4.78 is 7.81. The Morgan fingerprint density at radius 3 is 2.42 bits per heavy atom. The van der Waals surface area contributed by atoms with Gasteiger partial charge >= 0.3 is 0 Å². The molecule has 0 fully saturated rings. The first kappa shape index (κ1) is 29.6. The number of thioether (sulfide) groups is 1. The fourth-order valence-corrected chi connectivity index (χ4v) is 5.06. The molecule has 0 bridgehead atoms. The van der Waals surface area contributed by atoms with E-state index in [0.717, 1.165) is 22.5 Å². The minimum atomic E-state index is -0.234. The van der Waals surface area contributed by atoms with Crippen LogP contribution in [0.15, 0.2) is 77.0 Å². The lowest BCUT2D eigenvalue weighted by molar-refractivity contribution is -0.118. The summed E-state index contributed by atoms with van der Waals surface area (Å²) in [6, 6.07) is 21.0. The van der Waals surface area contributed by atoms with E-state index in [2.05, 4.69) is 65.8 Å². The van der Waals surface area contributed by atoms with E-state index in [0.29, 0.717) is 34.1 Å². The number of carbonyl (C=O) groups is 1. The molecule has 208 valence electrons. The summed E-state index contributed by atoms with van der Waals surface area (Å²) in [6.07, 6.45) is 1.58. The van der Waals surface area contributed by atoms with Gasteiger partial charge in [-0.25, -0.2) is 5.43 Å². The predicted octanol–water partition coefficient (Wildman–Crippen LogP) is 7.39. The lowest BCUT2D eigenvalue weighted by Gasteiger charge is -2.19. The smallest absolute Gasteiger partial charge is 0.250 e. The lowest BCUT2D eigenvalue weighted by Crippen LogP contribution is -2.20. The van der Waals surface area contributed by atoms with E-state index in [9.17, 15) is 4.79 Å². The van der Waals surface area contributed by atoms with Crippen molar-refractivity contribution in [1.82, 2.24) is 20.2 Å². The van der Waals surface area contributed by atoms with Gasteiger partial charge in [-0.3, -0.25) is 4.79 Å². The molecule has 10 heteroatoms. The monoisotopic (exact) mass is 595 g/mol. The first-order chi connectivity index (χ1) is 19.1. The summed E-state index contributed by atoms with van der Waals surface area (Å²) in [5.74, 6) is 1.40. The summed E-state index contributed by atoms with van der Waals surface area (Å²) in [7, 11) is 0. The minimum Gasteiger partial charge on any atom is -0.489 e. The molecule has 0 aliphatic carbocycles. The topological polar surface area (TPSA) is 81.4 Å². The number of hydrogen-bond donors (Lipinski definition) is 1. The fraction of sp³-hybridized carbons (Fsp3) is 0.267. The molecule has 3 aromatic carbocycles. The zero-order chi connectivity index (χ0) is 28.7. The number of hydrazone groups is 1. The van der Waals surface area contributed by atoms with E-state index in [1.807, 2.05) is 41.8 Å². The van der Waals surface area contributed by atoms with Crippen LogP contribution in [0.3, 0.4) is 0 Å². The van der Waals surface area contributed by atoms with Gasteiger partial charge in [0.05, 0.1) is 12.0 Å². The van der Waals surface area contributed by atoms with Gasteiger partial charge in [-0.2, -0.15) is 5.10 Å². The van der Waals surface area contributed by atoms with Crippen molar-refractivity contribution < 1.29 is 9.53 Å². The molecule has 0 radical (unpaired) electrons. The van der Waals surface area contributed by atoms with Gasteiger partial charge in [-0.05, 0) is 59.9 Å². The van der Waals surface area contributed by atoms with Gasteiger partial charge in [-0.15, -0.1) is 10.2 Å². The first-order valence-corrected chi connectivity index (χ1v) is 14.5. The fourth-order valence-electron chi connectivity index (χ4n) is 3.80. The second-order valence-corrected chi connectivity index (χ2v) is 11.8. The number of nitrogens with zero attached hydrogens (tertiary/aromatic N) is 4. The Morgan fingerprint density at radius 1 is 1.05 bits per heavy atom. The summed E-state index contributed by atoms with van der Waals surface area (Å²) >= 11 is 13.5. The Balaban J connectivity index is 1.27. The second-order valence-electron chi connectivity index (χ2n) is 10.1. The Bertz CT molecular complexity index is 1480. The number of halogens is 2. The number of aromatic nitrogens is 3. The molecule has 4 aromatic rings. The Morgan fingerprint density at radius 2 is 1.77 bits per heavy atom. The maximum Gasteiger partial charge on any atom is 0.250 e.